The van der Waals surface area contributed by atoms with Crippen molar-refractivity contribution in [2.45, 2.75) is 57.4 Å². The number of nitrogens with one attached hydrogen (secondary N) is 1. The van der Waals surface area contributed by atoms with Crippen LogP contribution in [0.5, 0.6) is 11.5 Å². The number of benzene rings is 1. The van der Waals surface area contributed by atoms with Crippen LogP contribution in [0.1, 0.15) is 56.1 Å². The van der Waals surface area contributed by atoms with E-state index in [-0.39, 0.29) is 28.6 Å². The number of phenolic OH excluding ortho intramolecular Hbond substituents is 2. The highest BCUT2D eigenvalue weighted by Gasteiger charge is 2.54. The summed E-state index contributed by atoms with van der Waals surface area (Å²) in [7, 11) is 0. The third kappa shape index (κ3) is 2.78. The summed E-state index contributed by atoms with van der Waals surface area (Å²) >= 11 is 4.09. The zero-order chi connectivity index (χ0) is 20.2. The molecule has 1 aromatic rings. The molecule has 2 saturated carbocycles. The summed E-state index contributed by atoms with van der Waals surface area (Å²) in [5, 5.41) is 33.0. The maximum absolute atomic E-state index is 12.5. The summed E-state index contributed by atoms with van der Waals surface area (Å²) in [6.07, 6.45) is 4.90. The van der Waals surface area contributed by atoms with Crippen LogP contribution in [0.25, 0.3) is 0 Å². The van der Waals surface area contributed by atoms with E-state index in [1.165, 1.54) is 0 Å². The molecule has 5 atom stereocenters. The first kappa shape index (κ1) is 19.4. The Hall–Kier alpha value is -1.89. The summed E-state index contributed by atoms with van der Waals surface area (Å²) in [5.41, 5.74) is 1.96. The molecule has 0 amide bonds. The first-order valence-electron chi connectivity index (χ1n) is 9.99. The van der Waals surface area contributed by atoms with Crippen LogP contribution in [0.3, 0.4) is 0 Å². The standard InChI is InChI=1S/C21H27NO5S/c1-21-7-6-10-11(14(21)4-5-17(21)24)2-3-12-13(10)8-16(23)19(25)18(12)22-15(9-28)20(26)27/h8,10-11,14-15,22-23,25,28H,2-7,9H2,1H3,(H,26,27)/t10-,11+,14-,15?,21-/m0/s1. The summed E-state index contributed by atoms with van der Waals surface area (Å²) in [6, 6.07) is 0.683. The Morgan fingerprint density at radius 2 is 2.07 bits per heavy atom. The van der Waals surface area contributed by atoms with Gasteiger partial charge in [0.25, 0.3) is 0 Å². The number of rotatable bonds is 4. The van der Waals surface area contributed by atoms with Gasteiger partial charge in [0.15, 0.2) is 11.5 Å². The molecule has 0 aromatic heterocycles. The number of carboxylic acids is 1. The Balaban J connectivity index is 1.73. The minimum Gasteiger partial charge on any atom is -0.504 e. The smallest absolute Gasteiger partial charge is 0.326 e. The number of aromatic hydroxyl groups is 2. The molecule has 3 aliphatic rings. The van der Waals surface area contributed by atoms with Crippen molar-refractivity contribution >= 4 is 30.1 Å². The van der Waals surface area contributed by atoms with Crippen LogP contribution in [-0.2, 0) is 16.0 Å². The van der Waals surface area contributed by atoms with E-state index in [0.717, 1.165) is 36.8 Å². The van der Waals surface area contributed by atoms with E-state index >= 15 is 0 Å². The van der Waals surface area contributed by atoms with Gasteiger partial charge in [-0.3, -0.25) is 4.79 Å². The van der Waals surface area contributed by atoms with Gasteiger partial charge in [-0.05, 0) is 67.1 Å². The maximum atomic E-state index is 12.5. The summed E-state index contributed by atoms with van der Waals surface area (Å²) in [5.74, 6) is -0.178. The Kier molecular flexibility index (Phi) is 4.76. The molecule has 2 fully saturated rings. The lowest BCUT2D eigenvalue weighted by Gasteiger charge is -2.48. The summed E-state index contributed by atoms with van der Waals surface area (Å²) in [4.78, 5) is 23.9. The van der Waals surface area contributed by atoms with Crippen LogP contribution in [0, 0.1) is 17.3 Å². The lowest BCUT2D eigenvalue weighted by atomic mass is 9.55. The van der Waals surface area contributed by atoms with E-state index in [1.807, 2.05) is 0 Å². The second kappa shape index (κ2) is 6.87. The quantitative estimate of drug-likeness (QED) is 0.389. The molecular weight excluding hydrogens is 378 g/mol. The largest absolute Gasteiger partial charge is 0.504 e. The number of hydrogen-bond acceptors (Lipinski definition) is 6. The van der Waals surface area contributed by atoms with Gasteiger partial charge in [0.1, 0.15) is 11.8 Å². The van der Waals surface area contributed by atoms with E-state index in [9.17, 15) is 24.9 Å². The van der Waals surface area contributed by atoms with Gasteiger partial charge < -0.3 is 20.6 Å². The van der Waals surface area contributed by atoms with Gasteiger partial charge in [-0.1, -0.05) is 6.92 Å². The van der Waals surface area contributed by atoms with Gasteiger partial charge >= 0.3 is 5.97 Å². The van der Waals surface area contributed by atoms with Gasteiger partial charge in [-0.2, -0.15) is 12.6 Å². The monoisotopic (exact) mass is 405 g/mol. The fourth-order valence-electron chi connectivity index (χ4n) is 5.99. The average molecular weight is 406 g/mol. The number of fused-ring (bicyclic) bond motifs is 5. The zero-order valence-corrected chi connectivity index (χ0v) is 16.8. The number of Topliss-reactive ketones (excluding diaryl/α,β-unsaturated/α-hetero) is 1. The van der Waals surface area contributed by atoms with E-state index in [0.29, 0.717) is 36.1 Å². The van der Waals surface area contributed by atoms with Crippen molar-refractivity contribution in [3.63, 3.8) is 0 Å². The average Bonchev–Trinajstić information content (AvgIpc) is 2.97. The Morgan fingerprint density at radius 3 is 2.75 bits per heavy atom. The second-order valence-electron chi connectivity index (χ2n) is 8.74. The van der Waals surface area contributed by atoms with Crippen LogP contribution in [0.15, 0.2) is 6.07 Å². The molecule has 28 heavy (non-hydrogen) atoms. The lowest BCUT2D eigenvalue weighted by molar-refractivity contribution is -0.137. The van der Waals surface area contributed by atoms with Gasteiger partial charge in [-0.25, -0.2) is 4.79 Å². The van der Waals surface area contributed by atoms with Crippen molar-refractivity contribution in [3.05, 3.63) is 17.2 Å². The maximum Gasteiger partial charge on any atom is 0.326 e. The van der Waals surface area contributed by atoms with Gasteiger partial charge in [0.2, 0.25) is 0 Å². The second-order valence-corrected chi connectivity index (χ2v) is 9.10. The molecule has 3 aliphatic carbocycles. The number of ketones is 1. The fraction of sp³-hybridized carbons (Fsp3) is 0.619. The molecule has 0 saturated heterocycles. The first-order chi connectivity index (χ1) is 13.3. The Morgan fingerprint density at radius 1 is 1.32 bits per heavy atom. The molecule has 4 rings (SSSR count). The van der Waals surface area contributed by atoms with Crippen LogP contribution in [0.2, 0.25) is 0 Å². The highest BCUT2D eigenvalue weighted by Crippen LogP contribution is 2.61. The number of anilines is 1. The number of hydrogen-bond donors (Lipinski definition) is 5. The van der Waals surface area contributed by atoms with E-state index in [2.05, 4.69) is 24.9 Å². The van der Waals surface area contributed by atoms with Crippen LogP contribution < -0.4 is 5.32 Å². The van der Waals surface area contributed by atoms with Crippen LogP contribution in [-0.4, -0.2) is 38.9 Å². The molecule has 6 nitrogen and oxygen atoms in total. The SMILES string of the molecule is C[C@]12CC[C@@H]3c4cc(O)c(O)c(NC(CS)C(=O)O)c4CC[C@H]3[C@@H]1CCC2=O. The predicted octanol–water partition coefficient (Wildman–Crippen LogP) is 3.32. The molecule has 0 spiro atoms. The molecule has 1 aromatic carbocycles. The minimum absolute atomic E-state index is 0.0633. The molecule has 152 valence electrons. The normalized spacial score (nSPS) is 32.2. The minimum atomic E-state index is -1.06. The third-order valence-corrected chi connectivity index (χ3v) is 7.86. The number of thiol groups is 1. The summed E-state index contributed by atoms with van der Waals surface area (Å²) in [6.45, 7) is 2.12. The zero-order valence-electron chi connectivity index (χ0n) is 15.9. The third-order valence-electron chi connectivity index (χ3n) is 7.49. The first-order valence-corrected chi connectivity index (χ1v) is 10.6. The fourth-order valence-corrected chi connectivity index (χ4v) is 6.24. The predicted molar refractivity (Wildman–Crippen MR) is 108 cm³/mol. The number of carboxylic acid groups (broad SMARTS) is 1. The number of phenols is 2. The van der Waals surface area contributed by atoms with Crippen LogP contribution in [0.4, 0.5) is 5.69 Å². The van der Waals surface area contributed by atoms with E-state index < -0.39 is 12.0 Å². The van der Waals surface area contributed by atoms with Crippen molar-refractivity contribution in [2.75, 3.05) is 11.1 Å². The Bertz CT molecular complexity index is 841. The van der Waals surface area contributed by atoms with Crippen molar-refractivity contribution in [3.8, 4) is 11.5 Å². The summed E-state index contributed by atoms with van der Waals surface area (Å²) < 4.78 is 0. The number of carbonyl (C=O) groups excluding carboxylic acids is 1. The van der Waals surface area contributed by atoms with E-state index in [4.69, 9.17) is 0 Å². The molecule has 0 bridgehead atoms. The topological polar surface area (TPSA) is 107 Å². The number of carbonyl (C=O) groups is 2. The van der Waals surface area contributed by atoms with Crippen molar-refractivity contribution < 1.29 is 24.9 Å². The van der Waals surface area contributed by atoms with Gasteiger partial charge in [-0.15, -0.1) is 0 Å². The molecule has 0 aliphatic heterocycles. The van der Waals surface area contributed by atoms with Crippen LogP contribution >= 0.6 is 12.6 Å². The van der Waals surface area contributed by atoms with Crippen molar-refractivity contribution in [1.82, 2.24) is 0 Å². The van der Waals surface area contributed by atoms with E-state index in [1.54, 1.807) is 6.07 Å². The number of aliphatic carboxylic acids is 1. The van der Waals surface area contributed by atoms with Gasteiger partial charge in [0, 0.05) is 17.6 Å². The highest BCUT2D eigenvalue weighted by molar-refractivity contribution is 7.80. The molecular formula is C21H27NO5S. The lowest BCUT2D eigenvalue weighted by Crippen LogP contribution is -2.42. The molecule has 0 radical (unpaired) electrons. The highest BCUT2D eigenvalue weighted by atomic mass is 32.1. The van der Waals surface area contributed by atoms with Crippen molar-refractivity contribution in [1.29, 1.82) is 0 Å². The van der Waals surface area contributed by atoms with Crippen molar-refractivity contribution in [2.24, 2.45) is 17.3 Å². The van der Waals surface area contributed by atoms with Gasteiger partial charge in [0.05, 0.1) is 5.69 Å². The Labute approximate surface area is 169 Å². The molecule has 4 N–H and O–H groups in total. The molecule has 1 unspecified atom stereocenters. The molecule has 0 heterocycles. The molecule has 7 heteroatoms.